The summed E-state index contributed by atoms with van der Waals surface area (Å²) in [5.41, 5.74) is 4.31. The number of pyridine rings is 1. The monoisotopic (exact) mass is 454 g/mol. The predicted octanol–water partition coefficient (Wildman–Crippen LogP) is 5.73. The topological polar surface area (TPSA) is 78.7 Å². The van der Waals surface area contributed by atoms with E-state index in [2.05, 4.69) is 16.4 Å². The number of halogens is 1. The molecule has 0 bridgehead atoms. The van der Waals surface area contributed by atoms with E-state index in [1.165, 1.54) is 23.1 Å². The third-order valence-corrected chi connectivity index (χ3v) is 7.12. The van der Waals surface area contributed by atoms with E-state index in [0.29, 0.717) is 20.7 Å². The second kappa shape index (κ2) is 9.17. The summed E-state index contributed by atoms with van der Waals surface area (Å²) in [4.78, 5) is 21.9. The fourth-order valence-corrected chi connectivity index (χ4v) is 5.18. The summed E-state index contributed by atoms with van der Waals surface area (Å²) in [7, 11) is 0. The standard InChI is InChI=1S/C22H19ClN4OS2/c1-13(30-21-15(11-24)10-14-6-2-5-9-18(14)25-21)20(28)27-22-26-19(12-29-22)16-7-3-4-8-17(16)23/h3-4,7-8,10,12-13H,2,5-6,9H2,1H3,(H,26,27,28). The number of carbonyl (C=O) groups excluding carboxylic acids is 1. The van der Waals surface area contributed by atoms with E-state index in [4.69, 9.17) is 16.6 Å². The summed E-state index contributed by atoms with van der Waals surface area (Å²) in [5, 5.41) is 15.6. The van der Waals surface area contributed by atoms with Crippen molar-refractivity contribution in [2.24, 2.45) is 0 Å². The molecule has 4 rings (SSSR count). The Balaban J connectivity index is 1.46. The van der Waals surface area contributed by atoms with Crippen LogP contribution < -0.4 is 5.32 Å². The third kappa shape index (κ3) is 4.51. The fourth-order valence-electron chi connectivity index (χ4n) is 3.34. The fraction of sp³-hybridized carbons (Fsp3) is 0.273. The minimum Gasteiger partial charge on any atom is -0.301 e. The van der Waals surface area contributed by atoms with Crippen LogP contribution in [-0.4, -0.2) is 21.1 Å². The minimum atomic E-state index is -0.418. The molecule has 0 saturated carbocycles. The van der Waals surface area contributed by atoms with Gasteiger partial charge in [0.15, 0.2) is 5.13 Å². The molecule has 152 valence electrons. The van der Waals surface area contributed by atoms with Gasteiger partial charge in [0.1, 0.15) is 11.1 Å². The first kappa shape index (κ1) is 20.9. The average Bonchev–Trinajstić information content (AvgIpc) is 3.21. The Morgan fingerprint density at radius 1 is 1.30 bits per heavy atom. The second-order valence-corrected chi connectivity index (χ2v) is 9.63. The number of benzene rings is 1. The summed E-state index contributed by atoms with van der Waals surface area (Å²) in [6, 6.07) is 11.6. The summed E-state index contributed by atoms with van der Waals surface area (Å²) in [6.45, 7) is 1.81. The largest absolute Gasteiger partial charge is 0.301 e. The van der Waals surface area contributed by atoms with E-state index in [-0.39, 0.29) is 5.91 Å². The number of aryl methyl sites for hydroxylation is 2. The van der Waals surface area contributed by atoms with Crippen LogP contribution >= 0.6 is 34.7 Å². The lowest BCUT2D eigenvalue weighted by Crippen LogP contribution is -2.22. The number of nitriles is 1. The highest BCUT2D eigenvalue weighted by Crippen LogP contribution is 2.32. The normalized spacial score (nSPS) is 13.9. The van der Waals surface area contributed by atoms with E-state index in [1.54, 1.807) is 0 Å². The Hall–Kier alpha value is -2.40. The van der Waals surface area contributed by atoms with Gasteiger partial charge in [-0.3, -0.25) is 4.79 Å². The van der Waals surface area contributed by atoms with Gasteiger partial charge in [0.2, 0.25) is 5.91 Å². The van der Waals surface area contributed by atoms with Gasteiger partial charge in [0.25, 0.3) is 0 Å². The van der Waals surface area contributed by atoms with Crippen molar-refractivity contribution >= 4 is 45.7 Å². The summed E-state index contributed by atoms with van der Waals surface area (Å²) < 4.78 is 0. The Bertz CT molecular complexity index is 1140. The lowest BCUT2D eigenvalue weighted by Gasteiger charge is -2.17. The van der Waals surface area contributed by atoms with Crippen molar-refractivity contribution in [2.45, 2.75) is 42.9 Å². The minimum absolute atomic E-state index is 0.177. The molecule has 30 heavy (non-hydrogen) atoms. The number of nitrogens with zero attached hydrogens (tertiary/aromatic N) is 3. The Morgan fingerprint density at radius 3 is 2.90 bits per heavy atom. The van der Waals surface area contributed by atoms with Crippen molar-refractivity contribution in [3.05, 3.63) is 57.6 Å². The summed E-state index contributed by atoms with van der Waals surface area (Å²) in [6.07, 6.45) is 4.15. The molecule has 5 nitrogen and oxygen atoms in total. The number of anilines is 1. The number of aromatic nitrogens is 2. The van der Waals surface area contributed by atoms with Crippen LogP contribution in [0, 0.1) is 11.3 Å². The Kier molecular flexibility index (Phi) is 6.38. The highest BCUT2D eigenvalue weighted by Gasteiger charge is 2.21. The lowest BCUT2D eigenvalue weighted by atomic mass is 9.95. The number of carbonyl (C=O) groups is 1. The van der Waals surface area contributed by atoms with E-state index in [9.17, 15) is 10.1 Å². The van der Waals surface area contributed by atoms with Gasteiger partial charge in [0, 0.05) is 21.7 Å². The van der Waals surface area contributed by atoms with Gasteiger partial charge in [-0.15, -0.1) is 11.3 Å². The molecule has 0 spiro atoms. The summed E-state index contributed by atoms with van der Waals surface area (Å²) in [5.74, 6) is -0.177. The molecule has 0 saturated heterocycles. The predicted molar refractivity (Wildman–Crippen MR) is 122 cm³/mol. The van der Waals surface area contributed by atoms with Crippen LogP contribution in [0.15, 0.2) is 40.7 Å². The number of nitrogens with one attached hydrogen (secondary N) is 1. The zero-order valence-corrected chi connectivity index (χ0v) is 18.7. The van der Waals surface area contributed by atoms with Crippen LogP contribution in [-0.2, 0) is 17.6 Å². The second-order valence-electron chi connectivity index (χ2n) is 7.03. The molecule has 3 aromatic rings. The number of rotatable bonds is 5. The van der Waals surface area contributed by atoms with Crippen molar-refractivity contribution in [3.63, 3.8) is 0 Å². The molecule has 0 radical (unpaired) electrons. The number of fused-ring (bicyclic) bond motifs is 1. The highest BCUT2D eigenvalue weighted by atomic mass is 35.5. The van der Waals surface area contributed by atoms with E-state index < -0.39 is 5.25 Å². The Labute approximate surface area is 188 Å². The molecule has 1 aliphatic carbocycles. The maximum absolute atomic E-state index is 12.7. The van der Waals surface area contributed by atoms with Crippen LogP contribution in [0.5, 0.6) is 0 Å². The average molecular weight is 455 g/mol. The van der Waals surface area contributed by atoms with Gasteiger partial charge >= 0.3 is 0 Å². The molecular formula is C22H19ClN4OS2. The van der Waals surface area contributed by atoms with E-state index in [1.807, 2.05) is 42.6 Å². The van der Waals surface area contributed by atoms with Crippen molar-refractivity contribution < 1.29 is 4.79 Å². The quantitative estimate of drug-likeness (QED) is 0.498. The first-order chi connectivity index (χ1) is 14.5. The van der Waals surface area contributed by atoms with Gasteiger partial charge in [0.05, 0.1) is 16.5 Å². The van der Waals surface area contributed by atoms with Crippen LogP contribution in [0.3, 0.4) is 0 Å². The first-order valence-electron chi connectivity index (χ1n) is 9.66. The summed E-state index contributed by atoms with van der Waals surface area (Å²) >= 11 is 8.90. The maximum atomic E-state index is 12.7. The molecular weight excluding hydrogens is 436 g/mol. The van der Waals surface area contributed by atoms with E-state index >= 15 is 0 Å². The van der Waals surface area contributed by atoms with Gasteiger partial charge in [-0.2, -0.15) is 5.26 Å². The number of thioether (sulfide) groups is 1. The maximum Gasteiger partial charge on any atom is 0.239 e. The van der Waals surface area contributed by atoms with Crippen LogP contribution in [0.1, 0.15) is 36.6 Å². The molecule has 1 amide bonds. The number of hydrogen-bond acceptors (Lipinski definition) is 6. The van der Waals surface area contributed by atoms with Crippen LogP contribution in [0.4, 0.5) is 5.13 Å². The molecule has 8 heteroatoms. The SMILES string of the molecule is CC(Sc1nc2c(cc1C#N)CCCC2)C(=O)Nc1nc(-c2ccccc2Cl)cs1. The molecule has 1 atom stereocenters. The van der Waals surface area contributed by atoms with Gasteiger partial charge < -0.3 is 5.32 Å². The van der Waals surface area contributed by atoms with Gasteiger partial charge in [-0.25, -0.2) is 9.97 Å². The van der Waals surface area contributed by atoms with Crippen molar-refractivity contribution in [3.8, 4) is 17.3 Å². The molecule has 2 aromatic heterocycles. The molecule has 1 aliphatic rings. The smallest absolute Gasteiger partial charge is 0.239 e. The lowest BCUT2D eigenvalue weighted by molar-refractivity contribution is -0.115. The molecule has 1 N–H and O–H groups in total. The van der Waals surface area contributed by atoms with Crippen molar-refractivity contribution in [2.75, 3.05) is 5.32 Å². The number of hydrogen-bond donors (Lipinski definition) is 1. The van der Waals surface area contributed by atoms with Crippen molar-refractivity contribution in [1.82, 2.24) is 9.97 Å². The number of thiazole rings is 1. The Morgan fingerprint density at radius 2 is 2.10 bits per heavy atom. The molecule has 1 aromatic carbocycles. The van der Waals surface area contributed by atoms with Gasteiger partial charge in [-0.1, -0.05) is 41.6 Å². The van der Waals surface area contributed by atoms with Crippen LogP contribution in [0.2, 0.25) is 5.02 Å². The molecule has 2 heterocycles. The van der Waals surface area contributed by atoms with Crippen molar-refractivity contribution in [1.29, 1.82) is 5.26 Å². The first-order valence-corrected chi connectivity index (χ1v) is 11.8. The zero-order chi connectivity index (χ0) is 21.1. The van der Waals surface area contributed by atoms with Crippen LogP contribution in [0.25, 0.3) is 11.3 Å². The number of amides is 1. The zero-order valence-electron chi connectivity index (χ0n) is 16.3. The molecule has 0 fully saturated rings. The molecule has 0 aliphatic heterocycles. The highest BCUT2D eigenvalue weighted by molar-refractivity contribution is 8.00. The third-order valence-electron chi connectivity index (χ3n) is 4.93. The molecule has 1 unspecified atom stereocenters. The van der Waals surface area contributed by atoms with Gasteiger partial charge in [-0.05, 0) is 50.3 Å². The van der Waals surface area contributed by atoms with E-state index in [0.717, 1.165) is 48.2 Å².